The highest BCUT2D eigenvalue weighted by Gasteiger charge is 2.35. The zero-order valence-corrected chi connectivity index (χ0v) is 30.8. The van der Waals surface area contributed by atoms with Crippen molar-refractivity contribution in [3.63, 3.8) is 0 Å². The Balaban J connectivity index is 1.26. The number of thiazole rings is 1. The van der Waals surface area contributed by atoms with Crippen molar-refractivity contribution in [2.45, 2.75) is 90.3 Å². The molecule has 0 amide bonds. The van der Waals surface area contributed by atoms with Crippen molar-refractivity contribution >= 4 is 77.5 Å². The number of aromatic nitrogens is 1. The molecule has 49 heavy (non-hydrogen) atoms. The number of carbonyl (C=O) groups is 4. The molecule has 2 unspecified atom stereocenters. The number of rotatable bonds is 11. The van der Waals surface area contributed by atoms with Crippen LogP contribution >= 0.6 is 34.0 Å². The molecule has 0 aliphatic heterocycles. The average Bonchev–Trinajstić information content (AvgIpc) is 3.86. The van der Waals surface area contributed by atoms with Gasteiger partial charge in [-0.1, -0.05) is 25.5 Å². The van der Waals surface area contributed by atoms with Crippen LogP contribution in [0, 0.1) is 23.7 Å². The highest BCUT2D eigenvalue weighted by atomic mass is 32.1. The third-order valence-corrected chi connectivity index (χ3v) is 13.4. The molecule has 2 aliphatic rings. The molecule has 0 N–H and O–H groups in total. The molecule has 1 aromatic carbocycles. The Hall–Kier alpha value is -3.35. The Bertz CT molecular complexity index is 1780. The quantitative estimate of drug-likeness (QED) is 0.110. The van der Waals surface area contributed by atoms with E-state index in [1.54, 1.807) is 34.0 Å². The lowest BCUT2D eigenvalue weighted by Crippen LogP contribution is -2.28. The normalized spacial score (nSPS) is 22.4. The molecule has 262 valence electrons. The minimum absolute atomic E-state index is 0.165. The first-order valence-corrected chi connectivity index (χ1v) is 19.7. The number of benzene rings is 1. The molecule has 2 atom stereocenters. The van der Waals surface area contributed by atoms with Crippen LogP contribution in [0.4, 0.5) is 0 Å². The summed E-state index contributed by atoms with van der Waals surface area (Å²) in [7, 11) is 2.80. The number of carbonyl (C=O) groups excluding carboxylic acids is 4. The largest absolute Gasteiger partial charge is 0.469 e. The summed E-state index contributed by atoms with van der Waals surface area (Å²) in [4.78, 5) is 57.1. The van der Waals surface area contributed by atoms with Crippen LogP contribution in [0.5, 0.6) is 0 Å². The van der Waals surface area contributed by atoms with E-state index in [-0.39, 0.29) is 47.5 Å². The number of esters is 4. The number of methoxy groups -OCH3 is 2. The molecule has 0 spiro atoms. The van der Waals surface area contributed by atoms with Gasteiger partial charge in [0.15, 0.2) is 0 Å². The molecule has 12 heteroatoms. The second-order valence-electron chi connectivity index (χ2n) is 13.1. The van der Waals surface area contributed by atoms with Crippen LogP contribution in [-0.2, 0) is 38.1 Å². The Morgan fingerprint density at radius 2 is 1.31 bits per heavy atom. The summed E-state index contributed by atoms with van der Waals surface area (Å²) in [5.74, 6) is -1.77. The van der Waals surface area contributed by atoms with Crippen molar-refractivity contribution in [3.8, 4) is 9.88 Å². The summed E-state index contributed by atoms with van der Waals surface area (Å²) in [5.41, 5.74) is 2.47. The van der Waals surface area contributed by atoms with Crippen LogP contribution < -0.4 is 0 Å². The van der Waals surface area contributed by atoms with E-state index in [0.29, 0.717) is 57.8 Å². The number of fused-ring (bicyclic) bond motifs is 2. The molecule has 0 radical (unpaired) electrons. The van der Waals surface area contributed by atoms with Gasteiger partial charge in [0.05, 0.1) is 53.0 Å². The lowest BCUT2D eigenvalue weighted by Gasteiger charge is -2.28. The molecule has 0 saturated heterocycles. The smallest absolute Gasteiger partial charge is 0.309 e. The summed E-state index contributed by atoms with van der Waals surface area (Å²) >= 11 is 4.97. The maximum absolute atomic E-state index is 13.5. The van der Waals surface area contributed by atoms with Gasteiger partial charge in [-0.3, -0.25) is 19.2 Å². The van der Waals surface area contributed by atoms with Gasteiger partial charge in [-0.05, 0) is 82.2 Å². The van der Waals surface area contributed by atoms with Gasteiger partial charge in [0, 0.05) is 20.5 Å². The first kappa shape index (κ1) is 35.5. The van der Waals surface area contributed by atoms with Gasteiger partial charge < -0.3 is 18.9 Å². The maximum atomic E-state index is 13.5. The molecule has 4 aromatic rings. The van der Waals surface area contributed by atoms with E-state index in [0.717, 1.165) is 37.6 Å². The summed E-state index contributed by atoms with van der Waals surface area (Å²) in [6.07, 6.45) is 5.24. The van der Waals surface area contributed by atoms with Gasteiger partial charge in [-0.2, -0.15) is 0 Å². The van der Waals surface area contributed by atoms with Crippen LogP contribution in [0.25, 0.3) is 29.5 Å². The van der Waals surface area contributed by atoms with E-state index in [9.17, 15) is 19.2 Å². The standard InChI is InChI=1S/C37H43NO8S3/c1-5-6-27(46-37(42)24-13-9-22(10-14-24)35(40)44-4)26-16-15-25(20(2)45-36(41)23-11-7-21(8-12-23)34(39)43-3)32-31(26)38-33(49-32)30-19-29-28(48-30)17-18-47-29/h15-24,27H,5-14H2,1-4H3. The SMILES string of the molecule is CCCC(OC(=O)C1CCC(C(=O)OC)CC1)c1ccc(C(C)OC(=O)C2CCC(C(=O)OC)CC2)c2sc(-c3cc4sccc4s3)nc12. The highest BCUT2D eigenvalue weighted by Crippen LogP contribution is 2.44. The summed E-state index contributed by atoms with van der Waals surface area (Å²) in [6.45, 7) is 3.96. The fourth-order valence-electron chi connectivity index (χ4n) is 7.18. The van der Waals surface area contributed by atoms with Gasteiger partial charge in [0.1, 0.15) is 17.2 Å². The molecule has 9 nitrogen and oxygen atoms in total. The highest BCUT2D eigenvalue weighted by molar-refractivity contribution is 7.31. The zero-order chi connectivity index (χ0) is 34.7. The van der Waals surface area contributed by atoms with E-state index < -0.39 is 12.2 Å². The number of nitrogens with zero attached hydrogens (tertiary/aromatic N) is 1. The lowest BCUT2D eigenvalue weighted by atomic mass is 9.82. The van der Waals surface area contributed by atoms with E-state index in [2.05, 4.69) is 24.4 Å². The fourth-order valence-corrected chi connectivity index (χ4v) is 10.5. The first-order valence-electron chi connectivity index (χ1n) is 17.2. The van der Waals surface area contributed by atoms with E-state index in [1.165, 1.54) is 23.6 Å². The zero-order valence-electron chi connectivity index (χ0n) is 28.4. The van der Waals surface area contributed by atoms with Crippen molar-refractivity contribution in [2.24, 2.45) is 23.7 Å². The van der Waals surface area contributed by atoms with Crippen LogP contribution in [0.15, 0.2) is 29.6 Å². The van der Waals surface area contributed by atoms with Gasteiger partial charge in [-0.15, -0.1) is 34.0 Å². The number of hydrogen-bond acceptors (Lipinski definition) is 12. The molecule has 3 heterocycles. The maximum Gasteiger partial charge on any atom is 0.309 e. The van der Waals surface area contributed by atoms with Gasteiger partial charge in [0.2, 0.25) is 0 Å². The Morgan fingerprint density at radius 1 is 0.755 bits per heavy atom. The second-order valence-corrected chi connectivity index (χ2v) is 16.2. The monoisotopic (exact) mass is 725 g/mol. The topological polar surface area (TPSA) is 118 Å². The molecule has 0 bridgehead atoms. The summed E-state index contributed by atoms with van der Waals surface area (Å²) in [6, 6.07) is 8.25. The predicted octanol–water partition coefficient (Wildman–Crippen LogP) is 9.19. The van der Waals surface area contributed by atoms with Crippen molar-refractivity contribution in [2.75, 3.05) is 14.2 Å². The summed E-state index contributed by atoms with van der Waals surface area (Å²) < 4.78 is 25.5. The Morgan fingerprint density at radius 3 is 1.86 bits per heavy atom. The molecule has 6 rings (SSSR count). The van der Waals surface area contributed by atoms with E-state index >= 15 is 0 Å². The van der Waals surface area contributed by atoms with Crippen molar-refractivity contribution in [1.82, 2.24) is 4.98 Å². The van der Waals surface area contributed by atoms with E-state index in [1.807, 2.05) is 19.1 Å². The third-order valence-electron chi connectivity index (χ3n) is 10.0. The van der Waals surface area contributed by atoms with Crippen LogP contribution in [-0.4, -0.2) is 43.1 Å². The fraction of sp³-hybridized carbons (Fsp3) is 0.541. The van der Waals surface area contributed by atoms with Crippen molar-refractivity contribution < 1.29 is 38.1 Å². The minimum atomic E-state index is -0.528. The number of thiophene rings is 2. The molecule has 2 saturated carbocycles. The Labute approximate surface area is 298 Å². The number of hydrogen-bond donors (Lipinski definition) is 0. The predicted molar refractivity (Wildman–Crippen MR) is 191 cm³/mol. The third kappa shape index (κ3) is 7.71. The van der Waals surface area contributed by atoms with Crippen LogP contribution in [0.1, 0.15) is 101 Å². The van der Waals surface area contributed by atoms with Crippen LogP contribution in [0.3, 0.4) is 0 Å². The molecule has 3 aromatic heterocycles. The van der Waals surface area contributed by atoms with Gasteiger partial charge in [0.25, 0.3) is 0 Å². The minimum Gasteiger partial charge on any atom is -0.469 e. The number of ether oxygens (including phenoxy) is 4. The van der Waals surface area contributed by atoms with E-state index in [4.69, 9.17) is 23.9 Å². The molecular weight excluding hydrogens is 683 g/mol. The van der Waals surface area contributed by atoms with Crippen molar-refractivity contribution in [1.29, 1.82) is 0 Å². The van der Waals surface area contributed by atoms with Crippen molar-refractivity contribution in [3.05, 3.63) is 40.8 Å². The van der Waals surface area contributed by atoms with Gasteiger partial charge in [-0.25, -0.2) is 4.98 Å². The lowest BCUT2D eigenvalue weighted by molar-refractivity contribution is -0.158. The summed E-state index contributed by atoms with van der Waals surface area (Å²) in [5, 5.41) is 2.96. The first-order chi connectivity index (χ1) is 23.7. The second kappa shape index (κ2) is 15.7. The van der Waals surface area contributed by atoms with Gasteiger partial charge >= 0.3 is 23.9 Å². The van der Waals surface area contributed by atoms with Crippen LogP contribution in [0.2, 0.25) is 0 Å². The molecule has 2 fully saturated rings. The molecule has 2 aliphatic carbocycles. The Kier molecular flexibility index (Phi) is 11.4. The molecular formula is C37H43NO8S3. The average molecular weight is 726 g/mol.